The number of carbonyl (C=O) groups excluding carboxylic acids is 1. The largest absolute Gasteiger partial charge is 0.508 e. The minimum atomic E-state index is -1.09. The Kier molecular flexibility index (Phi) is 2.92. The van der Waals surface area contributed by atoms with Gasteiger partial charge >= 0.3 is 0 Å². The standard InChI is InChI=1S/C15H11BrO3/c16-9-3-1-8(2-4-9)13-12-7-10(17)5-6-11(12)14(18)15(13)19/h1-7,13,15,17,19H/t13-,15+/m0/s1. The van der Waals surface area contributed by atoms with Gasteiger partial charge in [0.05, 0.1) is 0 Å². The van der Waals surface area contributed by atoms with Crippen LogP contribution in [0.3, 0.4) is 0 Å². The van der Waals surface area contributed by atoms with Gasteiger partial charge in [-0.3, -0.25) is 4.79 Å². The number of Topliss-reactive ketones (excluding diaryl/α,β-unsaturated/α-hetero) is 1. The highest BCUT2D eigenvalue weighted by atomic mass is 79.9. The van der Waals surface area contributed by atoms with Crippen LogP contribution in [0.1, 0.15) is 27.4 Å². The van der Waals surface area contributed by atoms with Crippen LogP contribution in [-0.4, -0.2) is 22.1 Å². The molecular weight excluding hydrogens is 308 g/mol. The maximum atomic E-state index is 12.0. The second-order valence-electron chi connectivity index (χ2n) is 4.61. The van der Waals surface area contributed by atoms with Crippen molar-refractivity contribution in [3.05, 3.63) is 63.6 Å². The molecule has 0 heterocycles. The van der Waals surface area contributed by atoms with E-state index in [1.165, 1.54) is 6.07 Å². The first-order valence-electron chi connectivity index (χ1n) is 5.88. The number of fused-ring (bicyclic) bond motifs is 1. The molecule has 1 aliphatic rings. The molecule has 0 aliphatic heterocycles. The van der Waals surface area contributed by atoms with Gasteiger partial charge in [0, 0.05) is 16.0 Å². The molecule has 0 bridgehead atoms. The van der Waals surface area contributed by atoms with Crippen molar-refractivity contribution in [3.63, 3.8) is 0 Å². The number of phenols is 1. The fourth-order valence-corrected chi connectivity index (χ4v) is 2.81. The van der Waals surface area contributed by atoms with Crippen LogP contribution >= 0.6 is 15.9 Å². The van der Waals surface area contributed by atoms with Gasteiger partial charge in [-0.1, -0.05) is 28.1 Å². The van der Waals surface area contributed by atoms with Gasteiger partial charge in [-0.25, -0.2) is 0 Å². The molecule has 3 rings (SSSR count). The molecule has 2 N–H and O–H groups in total. The molecule has 2 atom stereocenters. The van der Waals surface area contributed by atoms with Crippen molar-refractivity contribution in [2.45, 2.75) is 12.0 Å². The van der Waals surface area contributed by atoms with Gasteiger partial charge in [0.2, 0.25) is 0 Å². The zero-order valence-corrected chi connectivity index (χ0v) is 11.5. The third-order valence-corrected chi connectivity index (χ3v) is 3.98. The van der Waals surface area contributed by atoms with E-state index in [9.17, 15) is 15.0 Å². The van der Waals surface area contributed by atoms with Crippen LogP contribution in [0.2, 0.25) is 0 Å². The lowest BCUT2D eigenvalue weighted by atomic mass is 9.91. The monoisotopic (exact) mass is 318 g/mol. The SMILES string of the molecule is O=C1c2ccc(O)cc2[C@H](c2ccc(Br)cc2)[C@H]1O. The molecule has 0 aromatic heterocycles. The van der Waals surface area contributed by atoms with E-state index in [-0.39, 0.29) is 11.5 Å². The van der Waals surface area contributed by atoms with Crippen LogP contribution < -0.4 is 0 Å². The van der Waals surface area contributed by atoms with E-state index in [4.69, 9.17) is 0 Å². The first kappa shape index (κ1) is 12.4. The first-order chi connectivity index (χ1) is 9.08. The molecule has 4 heteroatoms. The summed E-state index contributed by atoms with van der Waals surface area (Å²) >= 11 is 3.35. The number of aliphatic hydroxyl groups is 1. The highest BCUT2D eigenvalue weighted by molar-refractivity contribution is 9.10. The highest BCUT2D eigenvalue weighted by Gasteiger charge is 2.39. The van der Waals surface area contributed by atoms with Crippen molar-refractivity contribution >= 4 is 21.7 Å². The molecule has 0 radical (unpaired) electrons. The van der Waals surface area contributed by atoms with Gasteiger partial charge in [-0.05, 0) is 41.5 Å². The van der Waals surface area contributed by atoms with E-state index in [1.807, 2.05) is 24.3 Å². The summed E-state index contributed by atoms with van der Waals surface area (Å²) in [4.78, 5) is 12.0. The highest BCUT2D eigenvalue weighted by Crippen LogP contribution is 2.40. The molecule has 0 amide bonds. The number of halogens is 1. The molecule has 96 valence electrons. The van der Waals surface area contributed by atoms with Gasteiger partial charge in [0.15, 0.2) is 5.78 Å². The lowest BCUT2D eigenvalue weighted by molar-refractivity contribution is 0.0754. The lowest BCUT2D eigenvalue weighted by Gasteiger charge is -2.15. The molecule has 19 heavy (non-hydrogen) atoms. The van der Waals surface area contributed by atoms with Crippen molar-refractivity contribution in [3.8, 4) is 5.75 Å². The summed E-state index contributed by atoms with van der Waals surface area (Å²) in [5.41, 5.74) is 2.02. The average Bonchev–Trinajstić information content (AvgIpc) is 2.63. The Labute approximate surface area is 118 Å². The third-order valence-electron chi connectivity index (χ3n) is 3.45. The minimum absolute atomic E-state index is 0.0998. The minimum Gasteiger partial charge on any atom is -0.508 e. The molecule has 0 saturated carbocycles. The molecule has 0 spiro atoms. The summed E-state index contributed by atoms with van der Waals surface area (Å²) in [6.07, 6.45) is -1.09. The van der Waals surface area contributed by atoms with E-state index < -0.39 is 12.0 Å². The van der Waals surface area contributed by atoms with Crippen molar-refractivity contribution in [1.29, 1.82) is 0 Å². The zero-order valence-electron chi connectivity index (χ0n) is 9.88. The summed E-state index contributed by atoms with van der Waals surface area (Å²) in [5.74, 6) is -0.603. The molecule has 0 unspecified atom stereocenters. The number of benzene rings is 2. The average molecular weight is 319 g/mol. The molecule has 3 nitrogen and oxygen atoms in total. The first-order valence-corrected chi connectivity index (χ1v) is 6.68. The number of aliphatic hydroxyl groups excluding tert-OH is 1. The van der Waals surface area contributed by atoms with Gasteiger partial charge in [0.25, 0.3) is 0 Å². The maximum absolute atomic E-state index is 12.0. The van der Waals surface area contributed by atoms with Gasteiger partial charge in [-0.15, -0.1) is 0 Å². The number of ketones is 1. The van der Waals surface area contributed by atoms with Crippen molar-refractivity contribution in [1.82, 2.24) is 0 Å². The van der Waals surface area contributed by atoms with Crippen molar-refractivity contribution < 1.29 is 15.0 Å². The Hall–Kier alpha value is -1.65. The summed E-state index contributed by atoms with van der Waals surface area (Å²) in [6.45, 7) is 0. The van der Waals surface area contributed by atoms with E-state index >= 15 is 0 Å². The molecule has 0 fully saturated rings. The quantitative estimate of drug-likeness (QED) is 0.850. The zero-order chi connectivity index (χ0) is 13.6. The molecule has 2 aromatic carbocycles. The number of aromatic hydroxyl groups is 1. The fourth-order valence-electron chi connectivity index (χ4n) is 2.54. The Bertz CT molecular complexity index is 649. The summed E-state index contributed by atoms with van der Waals surface area (Å²) in [7, 11) is 0. The third kappa shape index (κ3) is 1.97. The lowest BCUT2D eigenvalue weighted by Crippen LogP contribution is -2.20. The number of rotatable bonds is 1. The Morgan fingerprint density at radius 2 is 1.74 bits per heavy atom. The smallest absolute Gasteiger partial charge is 0.192 e. The maximum Gasteiger partial charge on any atom is 0.192 e. The Morgan fingerprint density at radius 1 is 1.05 bits per heavy atom. The summed E-state index contributed by atoms with van der Waals surface area (Å²) < 4.78 is 0.936. The fraction of sp³-hybridized carbons (Fsp3) is 0.133. The normalized spacial score (nSPS) is 21.5. The summed E-state index contributed by atoms with van der Waals surface area (Å²) in [5, 5.41) is 19.7. The van der Waals surface area contributed by atoms with E-state index in [1.54, 1.807) is 12.1 Å². The number of phenolic OH excluding ortho intramolecular Hbond substituents is 1. The second kappa shape index (κ2) is 4.47. The number of hydrogen-bond acceptors (Lipinski definition) is 3. The Morgan fingerprint density at radius 3 is 2.42 bits per heavy atom. The predicted molar refractivity (Wildman–Crippen MR) is 74.4 cm³/mol. The van der Waals surface area contributed by atoms with Crippen molar-refractivity contribution in [2.24, 2.45) is 0 Å². The van der Waals surface area contributed by atoms with Gasteiger partial charge in [-0.2, -0.15) is 0 Å². The molecule has 0 saturated heterocycles. The molecule has 1 aliphatic carbocycles. The van der Waals surface area contributed by atoms with Crippen LogP contribution in [0, 0.1) is 0 Å². The predicted octanol–water partition coefficient (Wildman–Crippen LogP) is 2.84. The van der Waals surface area contributed by atoms with Crippen LogP contribution in [0.15, 0.2) is 46.9 Å². The molecule has 2 aromatic rings. The van der Waals surface area contributed by atoms with Crippen molar-refractivity contribution in [2.75, 3.05) is 0 Å². The van der Waals surface area contributed by atoms with Gasteiger partial charge in [0.1, 0.15) is 11.9 Å². The number of carbonyl (C=O) groups is 1. The topological polar surface area (TPSA) is 57.5 Å². The van der Waals surface area contributed by atoms with Gasteiger partial charge < -0.3 is 10.2 Å². The number of hydrogen-bond donors (Lipinski definition) is 2. The van der Waals surface area contributed by atoms with E-state index in [0.717, 1.165) is 10.0 Å². The van der Waals surface area contributed by atoms with Crippen LogP contribution in [-0.2, 0) is 0 Å². The van der Waals surface area contributed by atoms with Crippen LogP contribution in [0.25, 0.3) is 0 Å². The summed E-state index contributed by atoms with van der Waals surface area (Å²) in [6, 6.07) is 12.0. The second-order valence-corrected chi connectivity index (χ2v) is 5.53. The Balaban J connectivity index is 2.15. The van der Waals surface area contributed by atoms with E-state index in [0.29, 0.717) is 11.1 Å². The van der Waals surface area contributed by atoms with Crippen LogP contribution in [0.5, 0.6) is 5.75 Å². The van der Waals surface area contributed by atoms with E-state index in [2.05, 4.69) is 15.9 Å². The van der Waals surface area contributed by atoms with Crippen LogP contribution in [0.4, 0.5) is 0 Å². The molecular formula is C15H11BrO3.